The molecule has 0 radical (unpaired) electrons. The second-order valence-corrected chi connectivity index (χ2v) is 7.84. The van der Waals surface area contributed by atoms with E-state index in [1.165, 1.54) is 7.11 Å². The van der Waals surface area contributed by atoms with E-state index in [-0.39, 0.29) is 11.3 Å². The average Bonchev–Trinajstić information content (AvgIpc) is 2.90. The van der Waals surface area contributed by atoms with E-state index >= 15 is 0 Å². The summed E-state index contributed by atoms with van der Waals surface area (Å²) in [5, 5.41) is 13.7. The Balaban J connectivity index is 0.00000222. The Bertz CT molecular complexity index is 1270. The maximum Gasteiger partial charge on any atom is 0.257 e. The van der Waals surface area contributed by atoms with Gasteiger partial charge in [0.1, 0.15) is 11.6 Å². The number of hydrogen-bond donors (Lipinski definition) is 3. The van der Waals surface area contributed by atoms with Crippen molar-refractivity contribution in [2.45, 2.75) is 20.8 Å². The lowest BCUT2D eigenvalue weighted by Gasteiger charge is -2.17. The van der Waals surface area contributed by atoms with Gasteiger partial charge in [0.05, 0.1) is 18.4 Å². The molecule has 0 atom stereocenters. The standard InChI is InChI=1S/C27H26N4O3.C2H6/c1-6-18-7-13-21(14-8-18)29-27(33)22-15-17(2)16-23(34-5)24(22)30-26(32)20-11-9-19(10-12-20)25(28)31(3)4;1-2/h1,7-16,28H,2-5H3,(H,29,33)(H,30,32);1-2H3. The van der Waals surface area contributed by atoms with Gasteiger partial charge in [-0.3, -0.25) is 15.0 Å². The van der Waals surface area contributed by atoms with Crippen molar-refractivity contribution in [2.24, 2.45) is 0 Å². The number of aryl methyl sites for hydroxylation is 1. The number of benzene rings is 3. The summed E-state index contributed by atoms with van der Waals surface area (Å²) >= 11 is 0. The second-order valence-electron chi connectivity index (χ2n) is 7.84. The van der Waals surface area contributed by atoms with Crippen molar-refractivity contribution < 1.29 is 14.3 Å². The molecule has 7 nitrogen and oxygen atoms in total. The summed E-state index contributed by atoms with van der Waals surface area (Å²) in [4.78, 5) is 27.8. The lowest BCUT2D eigenvalue weighted by Crippen LogP contribution is -2.22. The third-order valence-electron chi connectivity index (χ3n) is 5.13. The SMILES string of the molecule is C#Cc1ccc(NC(=O)c2cc(C)cc(OC)c2NC(=O)c2ccc(C(=N)N(C)C)cc2)cc1.CC. The number of methoxy groups -OCH3 is 1. The zero-order valence-corrected chi connectivity index (χ0v) is 21.5. The van der Waals surface area contributed by atoms with Crippen LogP contribution in [0.4, 0.5) is 11.4 Å². The molecule has 3 aromatic carbocycles. The summed E-state index contributed by atoms with van der Waals surface area (Å²) in [6.45, 7) is 5.84. The molecule has 3 aromatic rings. The van der Waals surface area contributed by atoms with E-state index in [1.54, 1.807) is 79.7 Å². The van der Waals surface area contributed by atoms with Crippen molar-refractivity contribution in [3.63, 3.8) is 0 Å². The molecule has 3 rings (SSSR count). The fourth-order valence-electron chi connectivity index (χ4n) is 3.29. The number of amides is 2. The van der Waals surface area contributed by atoms with Crippen LogP contribution in [0.25, 0.3) is 0 Å². The van der Waals surface area contributed by atoms with Crippen molar-refractivity contribution >= 4 is 29.0 Å². The van der Waals surface area contributed by atoms with Crippen LogP contribution in [0.1, 0.15) is 51.3 Å². The van der Waals surface area contributed by atoms with Crippen molar-refractivity contribution in [1.29, 1.82) is 5.41 Å². The zero-order chi connectivity index (χ0) is 26.8. The van der Waals surface area contributed by atoms with E-state index < -0.39 is 11.8 Å². The molecule has 7 heteroatoms. The molecule has 0 saturated carbocycles. The molecule has 0 unspecified atom stereocenters. The number of carbonyl (C=O) groups excluding carboxylic acids is 2. The Morgan fingerprint density at radius 2 is 1.50 bits per heavy atom. The summed E-state index contributed by atoms with van der Waals surface area (Å²) in [6, 6.07) is 17.0. The van der Waals surface area contributed by atoms with Crippen LogP contribution < -0.4 is 15.4 Å². The van der Waals surface area contributed by atoms with E-state index in [4.69, 9.17) is 16.6 Å². The van der Waals surface area contributed by atoms with E-state index in [9.17, 15) is 9.59 Å². The highest BCUT2D eigenvalue weighted by atomic mass is 16.5. The van der Waals surface area contributed by atoms with Crippen LogP contribution in [-0.2, 0) is 0 Å². The van der Waals surface area contributed by atoms with Gasteiger partial charge in [0.15, 0.2) is 0 Å². The number of nitrogens with one attached hydrogen (secondary N) is 3. The molecule has 36 heavy (non-hydrogen) atoms. The van der Waals surface area contributed by atoms with Crippen LogP contribution in [0.3, 0.4) is 0 Å². The normalized spacial score (nSPS) is 9.69. The van der Waals surface area contributed by atoms with E-state index in [0.717, 1.165) is 5.56 Å². The van der Waals surface area contributed by atoms with E-state index in [0.29, 0.717) is 34.0 Å². The van der Waals surface area contributed by atoms with Gasteiger partial charge in [0, 0.05) is 36.5 Å². The van der Waals surface area contributed by atoms with Gasteiger partial charge in [0.25, 0.3) is 11.8 Å². The number of rotatable bonds is 6. The predicted molar refractivity (Wildman–Crippen MR) is 146 cm³/mol. The number of ether oxygens (including phenoxy) is 1. The Hall–Kier alpha value is -4.57. The van der Waals surface area contributed by atoms with Gasteiger partial charge in [-0.15, -0.1) is 6.42 Å². The van der Waals surface area contributed by atoms with Gasteiger partial charge in [-0.1, -0.05) is 31.9 Å². The van der Waals surface area contributed by atoms with Gasteiger partial charge >= 0.3 is 0 Å². The topological polar surface area (TPSA) is 94.5 Å². The summed E-state index contributed by atoms with van der Waals surface area (Å²) in [7, 11) is 5.04. The Labute approximate surface area is 213 Å². The molecule has 0 heterocycles. The summed E-state index contributed by atoms with van der Waals surface area (Å²) in [5.74, 6) is 2.43. The third-order valence-corrected chi connectivity index (χ3v) is 5.13. The van der Waals surface area contributed by atoms with Crippen LogP contribution in [0, 0.1) is 24.7 Å². The number of anilines is 2. The zero-order valence-electron chi connectivity index (χ0n) is 21.5. The molecule has 0 aromatic heterocycles. The largest absolute Gasteiger partial charge is 0.495 e. The molecule has 0 spiro atoms. The molecule has 0 bridgehead atoms. The molecule has 0 aliphatic heterocycles. The van der Waals surface area contributed by atoms with Crippen molar-refractivity contribution in [3.05, 3.63) is 88.5 Å². The molecule has 0 aliphatic rings. The minimum absolute atomic E-state index is 0.261. The van der Waals surface area contributed by atoms with E-state index in [2.05, 4.69) is 16.6 Å². The van der Waals surface area contributed by atoms with Gasteiger partial charge in [-0.2, -0.15) is 0 Å². The molecule has 0 fully saturated rings. The van der Waals surface area contributed by atoms with Gasteiger partial charge in [-0.05, 0) is 61.0 Å². The lowest BCUT2D eigenvalue weighted by molar-refractivity contribution is 0.102. The monoisotopic (exact) mass is 484 g/mol. The number of amidine groups is 1. The highest BCUT2D eigenvalue weighted by Gasteiger charge is 2.20. The molecule has 0 aliphatic carbocycles. The van der Waals surface area contributed by atoms with Crippen molar-refractivity contribution in [2.75, 3.05) is 31.8 Å². The fourth-order valence-corrected chi connectivity index (χ4v) is 3.29. The first-order valence-corrected chi connectivity index (χ1v) is 11.5. The minimum Gasteiger partial charge on any atom is -0.495 e. The highest BCUT2D eigenvalue weighted by Crippen LogP contribution is 2.31. The lowest BCUT2D eigenvalue weighted by atomic mass is 10.1. The average molecular weight is 485 g/mol. The molecular weight excluding hydrogens is 452 g/mol. The molecule has 2 amide bonds. The molecule has 186 valence electrons. The number of terminal acetylenes is 1. The van der Waals surface area contributed by atoms with Crippen molar-refractivity contribution in [1.82, 2.24) is 4.90 Å². The van der Waals surface area contributed by atoms with Gasteiger partial charge in [-0.25, -0.2) is 0 Å². The third kappa shape index (κ3) is 6.73. The predicted octanol–water partition coefficient (Wildman–Crippen LogP) is 5.40. The highest BCUT2D eigenvalue weighted by molar-refractivity contribution is 6.14. The Morgan fingerprint density at radius 3 is 2.03 bits per heavy atom. The Morgan fingerprint density at radius 1 is 0.917 bits per heavy atom. The van der Waals surface area contributed by atoms with Gasteiger partial charge < -0.3 is 20.3 Å². The molecular formula is C29H32N4O3. The van der Waals surface area contributed by atoms with Crippen LogP contribution in [-0.4, -0.2) is 43.8 Å². The summed E-state index contributed by atoms with van der Waals surface area (Å²) in [6.07, 6.45) is 5.39. The first-order valence-electron chi connectivity index (χ1n) is 11.5. The van der Waals surface area contributed by atoms with E-state index in [1.807, 2.05) is 20.8 Å². The van der Waals surface area contributed by atoms with Gasteiger partial charge in [0.2, 0.25) is 0 Å². The first-order chi connectivity index (χ1) is 17.2. The number of carbonyl (C=O) groups is 2. The Kier molecular flexibility index (Phi) is 9.82. The summed E-state index contributed by atoms with van der Waals surface area (Å²) < 4.78 is 5.46. The quantitative estimate of drug-likeness (QED) is 0.248. The summed E-state index contributed by atoms with van der Waals surface area (Å²) in [5.41, 5.74) is 3.67. The maximum atomic E-state index is 13.1. The number of hydrogen-bond acceptors (Lipinski definition) is 4. The molecule has 0 saturated heterocycles. The molecule has 3 N–H and O–H groups in total. The second kappa shape index (κ2) is 12.8. The minimum atomic E-state index is -0.405. The van der Waals surface area contributed by atoms with Crippen molar-refractivity contribution in [3.8, 4) is 18.1 Å². The van der Waals surface area contributed by atoms with Crippen LogP contribution in [0.5, 0.6) is 5.75 Å². The van der Waals surface area contributed by atoms with Crippen LogP contribution in [0.2, 0.25) is 0 Å². The van der Waals surface area contributed by atoms with Crippen LogP contribution in [0.15, 0.2) is 60.7 Å². The smallest absolute Gasteiger partial charge is 0.257 e. The number of nitrogens with zero attached hydrogens (tertiary/aromatic N) is 1. The van der Waals surface area contributed by atoms with Crippen LogP contribution >= 0.6 is 0 Å². The first kappa shape index (κ1) is 27.7. The fraction of sp³-hybridized carbons (Fsp3) is 0.207. The maximum absolute atomic E-state index is 13.1.